The number of aromatic nitrogens is 1. The van der Waals surface area contributed by atoms with Crippen molar-refractivity contribution in [3.8, 4) is 0 Å². The molecule has 0 aliphatic carbocycles. The monoisotopic (exact) mass is 251 g/mol. The van der Waals surface area contributed by atoms with Crippen molar-refractivity contribution in [1.29, 1.82) is 0 Å². The first-order valence-corrected chi connectivity index (χ1v) is 6.01. The molecule has 0 unspecified atom stereocenters. The average molecular weight is 251 g/mol. The zero-order valence-electron chi connectivity index (χ0n) is 11.4. The van der Waals surface area contributed by atoms with Crippen LogP contribution in [0.2, 0.25) is 0 Å². The Morgan fingerprint density at radius 1 is 1.39 bits per heavy atom. The van der Waals surface area contributed by atoms with Crippen molar-refractivity contribution in [3.63, 3.8) is 0 Å². The number of rotatable bonds is 5. The molecule has 1 aromatic rings. The molecule has 0 saturated carbocycles. The number of anilines is 1. The average Bonchev–Trinajstić information content (AvgIpc) is 2.37. The van der Waals surface area contributed by atoms with Crippen LogP contribution in [0.25, 0.3) is 0 Å². The molecule has 18 heavy (non-hydrogen) atoms. The molecule has 0 saturated heterocycles. The summed E-state index contributed by atoms with van der Waals surface area (Å²) in [5.41, 5.74) is 1.52. The summed E-state index contributed by atoms with van der Waals surface area (Å²) in [6, 6.07) is 3.66. The Morgan fingerprint density at radius 2 is 2.06 bits per heavy atom. The Hall–Kier alpha value is -1.62. The van der Waals surface area contributed by atoms with Gasteiger partial charge in [0.25, 0.3) is 0 Å². The highest BCUT2D eigenvalue weighted by Gasteiger charge is 2.11. The van der Waals surface area contributed by atoms with Gasteiger partial charge < -0.3 is 14.9 Å². The number of pyridine rings is 1. The minimum absolute atomic E-state index is 0.0372. The molecular weight excluding hydrogens is 230 g/mol. The molecule has 0 bridgehead atoms. The topological polar surface area (TPSA) is 56.7 Å². The zero-order valence-corrected chi connectivity index (χ0v) is 11.4. The summed E-state index contributed by atoms with van der Waals surface area (Å²) in [5.74, 6) is 0.0372. The Morgan fingerprint density at radius 3 is 2.50 bits per heavy atom. The Bertz CT molecular complexity index is 390. The van der Waals surface area contributed by atoms with Gasteiger partial charge >= 0.3 is 0 Å². The Balaban J connectivity index is 2.70. The van der Waals surface area contributed by atoms with E-state index >= 15 is 0 Å². The van der Waals surface area contributed by atoms with E-state index in [0.29, 0.717) is 18.7 Å². The number of carbonyl (C=O) groups excluding carboxylic acids is 1. The van der Waals surface area contributed by atoms with Gasteiger partial charge in [-0.15, -0.1) is 0 Å². The molecule has 1 N–H and O–H groups in total. The molecule has 1 aromatic heterocycles. The van der Waals surface area contributed by atoms with Crippen LogP contribution in [0.3, 0.4) is 0 Å². The molecule has 0 aliphatic rings. The maximum absolute atomic E-state index is 11.6. The molecule has 0 radical (unpaired) electrons. The van der Waals surface area contributed by atoms with Crippen LogP contribution in [0.5, 0.6) is 0 Å². The predicted octanol–water partition coefficient (Wildman–Crippen LogP) is 1.05. The van der Waals surface area contributed by atoms with Crippen LogP contribution in [0.1, 0.15) is 25.1 Å². The lowest BCUT2D eigenvalue weighted by atomic mass is 10.2. The number of hydrogen-bond acceptors (Lipinski definition) is 4. The molecule has 5 nitrogen and oxygen atoms in total. The fraction of sp³-hybridized carbons (Fsp3) is 0.538. The van der Waals surface area contributed by atoms with Crippen molar-refractivity contribution in [2.45, 2.75) is 19.4 Å². The van der Waals surface area contributed by atoms with Crippen LogP contribution in [0, 0.1) is 0 Å². The third-order valence-electron chi connectivity index (χ3n) is 2.81. The van der Waals surface area contributed by atoms with Crippen LogP contribution in [0.4, 0.5) is 5.69 Å². The van der Waals surface area contributed by atoms with Gasteiger partial charge in [-0.1, -0.05) is 6.92 Å². The van der Waals surface area contributed by atoms with Gasteiger partial charge in [-0.05, 0) is 18.6 Å². The van der Waals surface area contributed by atoms with Gasteiger partial charge in [0.2, 0.25) is 5.91 Å². The summed E-state index contributed by atoms with van der Waals surface area (Å²) in [4.78, 5) is 19.2. The number of aliphatic hydroxyl groups excluding tert-OH is 1. The second-order valence-corrected chi connectivity index (χ2v) is 4.51. The first kappa shape index (κ1) is 14.4. The van der Waals surface area contributed by atoms with Gasteiger partial charge in [-0.25, -0.2) is 0 Å². The van der Waals surface area contributed by atoms with E-state index in [1.54, 1.807) is 31.3 Å². The molecule has 0 aliphatic heterocycles. The van der Waals surface area contributed by atoms with Gasteiger partial charge in [0.15, 0.2) is 0 Å². The summed E-state index contributed by atoms with van der Waals surface area (Å²) >= 11 is 0. The molecular formula is C13H21N3O2. The van der Waals surface area contributed by atoms with Crippen molar-refractivity contribution in [3.05, 3.63) is 24.0 Å². The minimum Gasteiger partial charge on any atom is -0.387 e. The maximum atomic E-state index is 11.6. The number of aliphatic hydroxyl groups is 1. The third kappa shape index (κ3) is 3.70. The first-order chi connectivity index (χ1) is 8.45. The van der Waals surface area contributed by atoms with E-state index in [4.69, 9.17) is 0 Å². The minimum atomic E-state index is -0.521. The summed E-state index contributed by atoms with van der Waals surface area (Å²) < 4.78 is 0. The van der Waals surface area contributed by atoms with E-state index in [-0.39, 0.29) is 5.91 Å². The molecule has 0 fully saturated rings. The van der Waals surface area contributed by atoms with E-state index in [9.17, 15) is 9.90 Å². The highest BCUT2D eigenvalue weighted by Crippen LogP contribution is 2.17. The van der Waals surface area contributed by atoms with E-state index in [0.717, 1.165) is 5.69 Å². The van der Waals surface area contributed by atoms with Crippen molar-refractivity contribution in [1.82, 2.24) is 9.88 Å². The number of carbonyl (C=O) groups is 1. The van der Waals surface area contributed by atoms with E-state index < -0.39 is 6.10 Å². The van der Waals surface area contributed by atoms with Gasteiger partial charge in [-0.2, -0.15) is 0 Å². The van der Waals surface area contributed by atoms with Crippen molar-refractivity contribution < 1.29 is 9.90 Å². The number of amides is 1. The van der Waals surface area contributed by atoms with Crippen LogP contribution in [-0.4, -0.2) is 48.6 Å². The number of hydrogen-bond donors (Lipinski definition) is 1. The fourth-order valence-corrected chi connectivity index (χ4v) is 1.47. The van der Waals surface area contributed by atoms with Gasteiger partial charge in [0, 0.05) is 21.1 Å². The number of likely N-dealkylation sites (N-methyl/N-ethyl adjacent to an activating group) is 2. The van der Waals surface area contributed by atoms with Crippen molar-refractivity contribution >= 4 is 11.6 Å². The maximum Gasteiger partial charge on any atom is 0.241 e. The predicted molar refractivity (Wildman–Crippen MR) is 71.5 cm³/mol. The molecule has 0 aromatic carbocycles. The Labute approximate surface area is 108 Å². The molecule has 1 amide bonds. The smallest absolute Gasteiger partial charge is 0.241 e. The molecule has 1 atom stereocenters. The molecule has 100 valence electrons. The molecule has 1 heterocycles. The summed E-state index contributed by atoms with van der Waals surface area (Å²) in [5, 5.41) is 9.64. The third-order valence-corrected chi connectivity index (χ3v) is 2.81. The van der Waals surface area contributed by atoms with Gasteiger partial charge in [-0.3, -0.25) is 9.78 Å². The second-order valence-electron chi connectivity index (χ2n) is 4.51. The first-order valence-electron chi connectivity index (χ1n) is 6.01. The van der Waals surface area contributed by atoms with Crippen LogP contribution in [0.15, 0.2) is 18.3 Å². The van der Waals surface area contributed by atoms with E-state index in [1.807, 2.05) is 24.9 Å². The van der Waals surface area contributed by atoms with Crippen LogP contribution in [-0.2, 0) is 4.79 Å². The normalized spacial score (nSPS) is 12.1. The summed E-state index contributed by atoms with van der Waals surface area (Å²) in [7, 11) is 5.30. The highest BCUT2D eigenvalue weighted by atomic mass is 16.3. The summed E-state index contributed by atoms with van der Waals surface area (Å²) in [6.07, 6.45) is 1.80. The largest absolute Gasteiger partial charge is 0.387 e. The van der Waals surface area contributed by atoms with E-state index in [1.165, 1.54) is 0 Å². The van der Waals surface area contributed by atoms with E-state index in [2.05, 4.69) is 4.98 Å². The summed E-state index contributed by atoms with van der Waals surface area (Å²) in [6.45, 7) is 2.21. The fourth-order valence-electron chi connectivity index (χ4n) is 1.47. The van der Waals surface area contributed by atoms with Gasteiger partial charge in [0.05, 0.1) is 30.2 Å². The van der Waals surface area contributed by atoms with Gasteiger partial charge in [0.1, 0.15) is 0 Å². The SMILES string of the molecule is CC[C@H](O)c1ccc(N(C)CC(=O)N(C)C)cn1. The molecule has 1 rings (SSSR count). The Kier molecular flexibility index (Phi) is 5.09. The van der Waals surface area contributed by atoms with Crippen LogP contribution >= 0.6 is 0 Å². The lowest BCUT2D eigenvalue weighted by molar-refractivity contribution is -0.127. The highest BCUT2D eigenvalue weighted by molar-refractivity contribution is 5.80. The quantitative estimate of drug-likeness (QED) is 0.850. The zero-order chi connectivity index (χ0) is 13.7. The molecule has 0 spiro atoms. The molecule has 5 heteroatoms. The van der Waals surface area contributed by atoms with Crippen LogP contribution < -0.4 is 4.90 Å². The lowest BCUT2D eigenvalue weighted by Gasteiger charge is -2.21. The lowest BCUT2D eigenvalue weighted by Crippen LogP contribution is -2.34. The number of nitrogens with zero attached hydrogens (tertiary/aromatic N) is 3. The van der Waals surface area contributed by atoms with Crippen molar-refractivity contribution in [2.24, 2.45) is 0 Å². The second kappa shape index (κ2) is 6.35. The standard InChI is InChI=1S/C13H21N3O2/c1-5-12(17)11-7-6-10(8-14-11)16(4)9-13(18)15(2)3/h6-8,12,17H,5,9H2,1-4H3/t12-/m0/s1. The van der Waals surface area contributed by atoms with Crippen molar-refractivity contribution in [2.75, 3.05) is 32.6 Å².